The normalized spacial score (nSPS) is 10.6. The van der Waals surface area contributed by atoms with Crippen molar-refractivity contribution in [1.82, 2.24) is 25.4 Å². The van der Waals surface area contributed by atoms with Gasteiger partial charge in [0.15, 0.2) is 11.0 Å². The fourth-order valence-electron chi connectivity index (χ4n) is 2.97. The van der Waals surface area contributed by atoms with Crippen molar-refractivity contribution in [3.63, 3.8) is 0 Å². The maximum absolute atomic E-state index is 12.2. The number of thioether (sulfide) groups is 1. The topological polar surface area (TPSA) is 98.1 Å². The molecule has 0 radical (unpaired) electrons. The van der Waals surface area contributed by atoms with Crippen molar-refractivity contribution in [2.45, 2.75) is 24.5 Å². The van der Waals surface area contributed by atoms with Crippen molar-refractivity contribution < 1.29 is 14.3 Å². The average molecular weight is 454 g/mol. The summed E-state index contributed by atoms with van der Waals surface area (Å²) in [6, 6.07) is 17.4. The second-order valence-corrected chi connectivity index (χ2v) is 8.08. The summed E-state index contributed by atoms with van der Waals surface area (Å²) in [4.78, 5) is 24.3. The molecule has 2 aromatic carbocycles. The van der Waals surface area contributed by atoms with Crippen LogP contribution in [0.4, 0.5) is 0 Å². The molecule has 3 aromatic rings. The fraction of sp³-hybridized carbons (Fsp3) is 0.304. The van der Waals surface area contributed by atoms with Crippen molar-refractivity contribution in [2.75, 3.05) is 19.4 Å². The molecule has 2 amide bonds. The fourth-order valence-corrected chi connectivity index (χ4v) is 3.73. The zero-order chi connectivity index (χ0) is 22.8. The summed E-state index contributed by atoms with van der Waals surface area (Å²) in [7, 11) is 3.42. The van der Waals surface area contributed by atoms with Gasteiger partial charge in [-0.3, -0.25) is 9.59 Å². The molecule has 8 nitrogen and oxygen atoms in total. The molecule has 0 fully saturated rings. The molecule has 0 atom stereocenters. The van der Waals surface area contributed by atoms with Crippen LogP contribution in [-0.2, 0) is 36.0 Å². The third-order valence-electron chi connectivity index (χ3n) is 4.80. The van der Waals surface area contributed by atoms with Crippen LogP contribution in [0.15, 0.2) is 59.8 Å². The third-order valence-corrected chi connectivity index (χ3v) is 5.82. The minimum absolute atomic E-state index is 0.0525. The summed E-state index contributed by atoms with van der Waals surface area (Å²) in [6.07, 6.45) is 1.06. The van der Waals surface area contributed by atoms with Gasteiger partial charge in [0, 0.05) is 13.6 Å². The molecule has 0 saturated carbocycles. The highest BCUT2D eigenvalue weighted by molar-refractivity contribution is 7.99. The number of aromatic nitrogens is 3. The van der Waals surface area contributed by atoms with Crippen LogP contribution in [0.25, 0.3) is 0 Å². The van der Waals surface area contributed by atoms with Crippen LogP contribution in [0.3, 0.4) is 0 Å². The van der Waals surface area contributed by atoms with E-state index in [9.17, 15) is 9.59 Å². The lowest BCUT2D eigenvalue weighted by Crippen LogP contribution is -2.27. The van der Waals surface area contributed by atoms with E-state index in [0.29, 0.717) is 17.5 Å². The minimum atomic E-state index is -0.106. The quantitative estimate of drug-likeness (QED) is 0.432. The van der Waals surface area contributed by atoms with E-state index in [1.165, 1.54) is 17.3 Å². The van der Waals surface area contributed by atoms with Gasteiger partial charge in [-0.1, -0.05) is 54.2 Å². The molecule has 32 heavy (non-hydrogen) atoms. The Kier molecular flexibility index (Phi) is 8.68. The van der Waals surface area contributed by atoms with Crippen molar-refractivity contribution in [1.29, 1.82) is 0 Å². The highest BCUT2D eigenvalue weighted by Crippen LogP contribution is 2.15. The van der Waals surface area contributed by atoms with Gasteiger partial charge in [0.2, 0.25) is 11.8 Å². The number of methoxy groups -OCH3 is 1. The Morgan fingerprint density at radius 1 is 0.969 bits per heavy atom. The van der Waals surface area contributed by atoms with Gasteiger partial charge >= 0.3 is 0 Å². The molecule has 9 heteroatoms. The number of benzene rings is 2. The molecular formula is C23H27N5O3S. The molecule has 1 aromatic heterocycles. The number of hydrogen-bond acceptors (Lipinski definition) is 6. The van der Waals surface area contributed by atoms with E-state index >= 15 is 0 Å². The van der Waals surface area contributed by atoms with Gasteiger partial charge in [0.05, 0.1) is 25.8 Å². The average Bonchev–Trinajstić information content (AvgIpc) is 3.17. The SMILES string of the molecule is COc1ccc(CC(=O)NCc2nnc(SCC(=O)NCCc3ccccc3)n2C)cc1. The van der Waals surface area contributed by atoms with Gasteiger partial charge in [-0.05, 0) is 29.7 Å². The second kappa shape index (κ2) is 11.9. The Hall–Kier alpha value is -3.33. The third kappa shape index (κ3) is 7.12. The molecule has 0 unspecified atom stereocenters. The second-order valence-electron chi connectivity index (χ2n) is 7.13. The predicted octanol–water partition coefficient (Wildman–Crippen LogP) is 2.13. The van der Waals surface area contributed by atoms with E-state index in [4.69, 9.17) is 4.74 Å². The maximum Gasteiger partial charge on any atom is 0.230 e. The van der Waals surface area contributed by atoms with Gasteiger partial charge in [0.25, 0.3) is 0 Å². The largest absolute Gasteiger partial charge is 0.497 e. The number of nitrogens with one attached hydrogen (secondary N) is 2. The van der Waals surface area contributed by atoms with E-state index < -0.39 is 0 Å². The first-order valence-electron chi connectivity index (χ1n) is 10.3. The first kappa shape index (κ1) is 23.3. The molecule has 0 bridgehead atoms. The molecule has 0 spiro atoms. The molecule has 1 heterocycles. The molecule has 168 valence electrons. The summed E-state index contributed by atoms with van der Waals surface area (Å²) in [5.41, 5.74) is 2.09. The first-order chi connectivity index (χ1) is 15.5. The van der Waals surface area contributed by atoms with Crippen molar-refractivity contribution in [3.05, 3.63) is 71.5 Å². The highest BCUT2D eigenvalue weighted by atomic mass is 32.2. The lowest BCUT2D eigenvalue weighted by Gasteiger charge is -2.07. The van der Waals surface area contributed by atoms with Crippen molar-refractivity contribution >= 4 is 23.6 Å². The van der Waals surface area contributed by atoms with Crippen LogP contribution in [0.2, 0.25) is 0 Å². The number of carbonyl (C=O) groups excluding carboxylic acids is 2. The van der Waals surface area contributed by atoms with Gasteiger partial charge in [-0.15, -0.1) is 10.2 Å². The lowest BCUT2D eigenvalue weighted by molar-refractivity contribution is -0.120. The lowest BCUT2D eigenvalue weighted by atomic mass is 10.1. The summed E-state index contributed by atoms with van der Waals surface area (Å²) in [5.74, 6) is 1.47. The van der Waals surface area contributed by atoms with Gasteiger partial charge in [-0.2, -0.15) is 0 Å². The highest BCUT2D eigenvalue weighted by Gasteiger charge is 2.12. The molecule has 0 aliphatic heterocycles. The Balaban J connectivity index is 1.39. The smallest absolute Gasteiger partial charge is 0.230 e. The van der Waals surface area contributed by atoms with Crippen LogP contribution in [0, 0.1) is 0 Å². The molecule has 3 rings (SSSR count). The molecule has 0 saturated heterocycles. The summed E-state index contributed by atoms with van der Waals surface area (Å²) >= 11 is 1.32. The number of rotatable bonds is 11. The van der Waals surface area contributed by atoms with E-state index in [1.54, 1.807) is 11.7 Å². The van der Waals surface area contributed by atoms with Crippen molar-refractivity contribution in [2.24, 2.45) is 7.05 Å². The number of nitrogens with zero attached hydrogens (tertiary/aromatic N) is 3. The van der Waals surface area contributed by atoms with Crippen LogP contribution in [0.5, 0.6) is 5.75 Å². The Labute approximate surface area is 191 Å². The minimum Gasteiger partial charge on any atom is -0.497 e. The summed E-state index contributed by atoms with van der Waals surface area (Å²) in [6.45, 7) is 0.857. The monoisotopic (exact) mass is 453 g/mol. The van der Waals surface area contributed by atoms with Gasteiger partial charge < -0.3 is 19.9 Å². The van der Waals surface area contributed by atoms with Crippen LogP contribution >= 0.6 is 11.8 Å². The summed E-state index contributed by atoms with van der Waals surface area (Å²) < 4.78 is 6.91. The predicted molar refractivity (Wildman–Crippen MR) is 123 cm³/mol. The Morgan fingerprint density at radius 2 is 1.72 bits per heavy atom. The van der Waals surface area contributed by atoms with E-state index in [1.807, 2.05) is 61.6 Å². The van der Waals surface area contributed by atoms with E-state index in [0.717, 1.165) is 17.7 Å². The van der Waals surface area contributed by atoms with E-state index in [2.05, 4.69) is 20.8 Å². The van der Waals surface area contributed by atoms with Crippen LogP contribution in [0.1, 0.15) is 17.0 Å². The zero-order valence-corrected chi connectivity index (χ0v) is 19.0. The Bertz CT molecular complexity index is 1020. The molecular weight excluding hydrogens is 426 g/mol. The van der Waals surface area contributed by atoms with Gasteiger partial charge in [-0.25, -0.2) is 0 Å². The number of hydrogen-bond donors (Lipinski definition) is 2. The maximum atomic E-state index is 12.2. The molecule has 0 aliphatic carbocycles. The van der Waals surface area contributed by atoms with Crippen LogP contribution < -0.4 is 15.4 Å². The van der Waals surface area contributed by atoms with Crippen LogP contribution in [-0.4, -0.2) is 46.0 Å². The standard InChI is InChI=1S/C23H27N5O3S/c1-28-20(15-25-21(29)14-18-8-10-19(31-2)11-9-18)26-27-23(28)32-16-22(30)24-13-12-17-6-4-3-5-7-17/h3-11H,12-16H2,1-2H3,(H,24,30)(H,25,29). The summed E-state index contributed by atoms with van der Waals surface area (Å²) in [5, 5.41) is 14.7. The van der Waals surface area contributed by atoms with E-state index in [-0.39, 0.29) is 30.5 Å². The number of carbonyl (C=O) groups is 2. The first-order valence-corrected chi connectivity index (χ1v) is 11.2. The zero-order valence-electron chi connectivity index (χ0n) is 18.2. The van der Waals surface area contributed by atoms with Crippen molar-refractivity contribution in [3.8, 4) is 5.75 Å². The number of amides is 2. The van der Waals surface area contributed by atoms with Gasteiger partial charge in [0.1, 0.15) is 5.75 Å². The molecule has 2 N–H and O–H groups in total. The Morgan fingerprint density at radius 3 is 2.44 bits per heavy atom. The number of ether oxygens (including phenoxy) is 1. The molecule has 0 aliphatic rings.